The summed E-state index contributed by atoms with van der Waals surface area (Å²) in [6.07, 6.45) is 5.64. The summed E-state index contributed by atoms with van der Waals surface area (Å²) in [5.41, 5.74) is 6.58. The summed E-state index contributed by atoms with van der Waals surface area (Å²) in [5.74, 6) is 0.488. The van der Waals surface area contributed by atoms with Crippen LogP contribution < -0.4 is 15.6 Å². The second kappa shape index (κ2) is 7.66. The smallest absolute Gasteiger partial charge is 0.238 e. The van der Waals surface area contributed by atoms with Crippen LogP contribution in [0.2, 0.25) is 0 Å². The predicted molar refractivity (Wildman–Crippen MR) is 85.8 cm³/mol. The van der Waals surface area contributed by atoms with E-state index >= 15 is 0 Å². The first-order valence-electron chi connectivity index (χ1n) is 7.35. The summed E-state index contributed by atoms with van der Waals surface area (Å²) in [4.78, 5) is 0.0238. The highest BCUT2D eigenvalue weighted by Gasteiger charge is 2.17. The number of hydrogen-bond donors (Lipinski definition) is 2. The van der Waals surface area contributed by atoms with E-state index in [1.54, 1.807) is 13.0 Å². The van der Waals surface area contributed by atoms with Gasteiger partial charge >= 0.3 is 0 Å². The van der Waals surface area contributed by atoms with Gasteiger partial charge in [-0.05, 0) is 32.8 Å². The minimum atomic E-state index is -3.80. The van der Waals surface area contributed by atoms with E-state index in [9.17, 15) is 8.42 Å². The Morgan fingerprint density at radius 3 is 2.48 bits per heavy atom. The molecule has 120 valence electrons. The second-order valence-electron chi connectivity index (χ2n) is 5.46. The van der Waals surface area contributed by atoms with Gasteiger partial charge in [0.05, 0.1) is 11.0 Å². The molecule has 1 unspecified atom stereocenters. The lowest BCUT2D eigenvalue weighted by Crippen LogP contribution is -2.17. The van der Waals surface area contributed by atoms with Crippen LogP contribution in [0.3, 0.4) is 0 Å². The zero-order valence-electron chi connectivity index (χ0n) is 13.1. The van der Waals surface area contributed by atoms with Crippen LogP contribution in [0.25, 0.3) is 0 Å². The van der Waals surface area contributed by atoms with Gasteiger partial charge in [0.25, 0.3) is 0 Å². The fourth-order valence-electron chi connectivity index (χ4n) is 2.23. The molecule has 0 amide bonds. The monoisotopic (exact) mass is 314 g/mol. The molecule has 1 aromatic carbocycles. The van der Waals surface area contributed by atoms with Gasteiger partial charge in [-0.25, -0.2) is 13.6 Å². The third-order valence-corrected chi connectivity index (χ3v) is 4.47. The van der Waals surface area contributed by atoms with Crippen molar-refractivity contribution in [2.75, 3.05) is 5.73 Å². The number of benzene rings is 1. The molecule has 1 rings (SSSR count). The van der Waals surface area contributed by atoms with Gasteiger partial charge in [0.2, 0.25) is 10.0 Å². The molecule has 0 saturated carbocycles. The highest BCUT2D eigenvalue weighted by Crippen LogP contribution is 2.29. The van der Waals surface area contributed by atoms with Crippen LogP contribution in [0.1, 0.15) is 51.5 Å². The normalized spacial score (nSPS) is 13.1. The third kappa shape index (κ3) is 5.55. The molecule has 4 N–H and O–H groups in total. The molecule has 1 atom stereocenters. The summed E-state index contributed by atoms with van der Waals surface area (Å²) >= 11 is 0. The number of unbranched alkanes of at least 4 members (excludes halogenated alkanes) is 3. The maximum absolute atomic E-state index is 11.6. The Kier molecular flexibility index (Phi) is 6.48. The summed E-state index contributed by atoms with van der Waals surface area (Å²) in [7, 11) is -3.80. The summed E-state index contributed by atoms with van der Waals surface area (Å²) in [5, 5.41) is 5.20. The van der Waals surface area contributed by atoms with Crippen molar-refractivity contribution in [1.29, 1.82) is 0 Å². The molecule has 0 aromatic heterocycles. The van der Waals surface area contributed by atoms with Gasteiger partial charge in [0.15, 0.2) is 0 Å². The fourth-order valence-corrected chi connectivity index (χ4v) is 3.06. The van der Waals surface area contributed by atoms with Crippen LogP contribution in [-0.2, 0) is 10.0 Å². The fraction of sp³-hybridized carbons (Fsp3) is 0.600. The van der Waals surface area contributed by atoms with Crippen LogP contribution in [-0.4, -0.2) is 14.5 Å². The zero-order valence-corrected chi connectivity index (χ0v) is 13.9. The van der Waals surface area contributed by atoms with E-state index in [1.807, 2.05) is 6.92 Å². The molecule has 0 fully saturated rings. The van der Waals surface area contributed by atoms with E-state index < -0.39 is 10.0 Å². The topological polar surface area (TPSA) is 95.4 Å². The van der Waals surface area contributed by atoms with Crippen LogP contribution >= 0.6 is 0 Å². The Hall–Kier alpha value is -1.27. The first-order valence-corrected chi connectivity index (χ1v) is 8.90. The highest BCUT2D eigenvalue weighted by molar-refractivity contribution is 7.89. The number of ether oxygens (including phenoxy) is 1. The molecule has 21 heavy (non-hydrogen) atoms. The van der Waals surface area contributed by atoms with E-state index in [0.717, 1.165) is 12.8 Å². The number of nitrogen functional groups attached to an aromatic ring is 1. The van der Waals surface area contributed by atoms with Gasteiger partial charge < -0.3 is 10.5 Å². The van der Waals surface area contributed by atoms with Crippen LogP contribution in [0.4, 0.5) is 5.69 Å². The van der Waals surface area contributed by atoms with Crippen molar-refractivity contribution in [3.63, 3.8) is 0 Å². The van der Waals surface area contributed by atoms with Crippen molar-refractivity contribution < 1.29 is 13.2 Å². The molecule has 0 aliphatic heterocycles. The van der Waals surface area contributed by atoms with Crippen molar-refractivity contribution >= 4 is 15.7 Å². The maximum atomic E-state index is 11.6. The van der Waals surface area contributed by atoms with Crippen LogP contribution in [0.15, 0.2) is 17.0 Å². The SMILES string of the molecule is CCCCCCC(C)Oc1cc(N)cc(S(N)(=O)=O)c1C. The Morgan fingerprint density at radius 1 is 1.24 bits per heavy atom. The maximum Gasteiger partial charge on any atom is 0.238 e. The average Bonchev–Trinajstić information content (AvgIpc) is 2.37. The van der Waals surface area contributed by atoms with Gasteiger partial charge in [-0.15, -0.1) is 0 Å². The molecule has 0 aliphatic carbocycles. The average molecular weight is 314 g/mol. The van der Waals surface area contributed by atoms with E-state index in [4.69, 9.17) is 15.6 Å². The third-order valence-electron chi connectivity index (χ3n) is 3.43. The summed E-state index contributed by atoms with van der Waals surface area (Å²) in [6.45, 7) is 5.83. The lowest BCUT2D eigenvalue weighted by molar-refractivity contribution is 0.204. The lowest BCUT2D eigenvalue weighted by atomic mass is 10.1. The Bertz CT molecular complexity index is 571. The van der Waals surface area contributed by atoms with E-state index in [0.29, 0.717) is 17.0 Å². The molecule has 0 spiro atoms. The minimum Gasteiger partial charge on any atom is -0.490 e. The quantitative estimate of drug-likeness (QED) is 0.569. The molecular weight excluding hydrogens is 288 g/mol. The molecule has 5 nitrogen and oxygen atoms in total. The minimum absolute atomic E-state index is 0.00989. The number of sulfonamides is 1. The molecule has 0 radical (unpaired) electrons. The number of anilines is 1. The number of primary sulfonamides is 1. The van der Waals surface area contributed by atoms with E-state index in [2.05, 4.69) is 6.92 Å². The Balaban J connectivity index is 2.82. The molecule has 0 heterocycles. The van der Waals surface area contributed by atoms with Gasteiger partial charge in [0, 0.05) is 17.3 Å². The van der Waals surface area contributed by atoms with Gasteiger partial charge in [-0.3, -0.25) is 0 Å². The van der Waals surface area contributed by atoms with Gasteiger partial charge in [-0.1, -0.05) is 26.2 Å². The van der Waals surface area contributed by atoms with Gasteiger partial charge in [-0.2, -0.15) is 0 Å². The molecule has 0 bridgehead atoms. The van der Waals surface area contributed by atoms with Crippen molar-refractivity contribution in [2.24, 2.45) is 5.14 Å². The summed E-state index contributed by atoms with van der Waals surface area (Å²) < 4.78 is 29.0. The first-order chi connectivity index (χ1) is 9.75. The molecule has 6 heteroatoms. The highest BCUT2D eigenvalue weighted by atomic mass is 32.2. The number of rotatable bonds is 8. The van der Waals surface area contributed by atoms with Gasteiger partial charge in [0.1, 0.15) is 5.75 Å². The van der Waals surface area contributed by atoms with Crippen molar-refractivity contribution in [3.8, 4) is 5.75 Å². The largest absolute Gasteiger partial charge is 0.490 e. The van der Waals surface area contributed by atoms with Crippen molar-refractivity contribution in [2.45, 2.75) is 63.9 Å². The Morgan fingerprint density at radius 2 is 1.90 bits per heavy atom. The second-order valence-corrected chi connectivity index (χ2v) is 6.99. The summed E-state index contributed by atoms with van der Waals surface area (Å²) in [6, 6.07) is 3.01. The van der Waals surface area contributed by atoms with Crippen LogP contribution in [0, 0.1) is 6.92 Å². The van der Waals surface area contributed by atoms with E-state index in [1.165, 1.54) is 25.3 Å². The van der Waals surface area contributed by atoms with Crippen molar-refractivity contribution in [1.82, 2.24) is 0 Å². The Labute approximate surface area is 127 Å². The molecular formula is C15H26N2O3S. The lowest BCUT2D eigenvalue weighted by Gasteiger charge is -2.18. The number of hydrogen-bond acceptors (Lipinski definition) is 4. The van der Waals surface area contributed by atoms with Crippen LogP contribution in [0.5, 0.6) is 5.75 Å². The van der Waals surface area contributed by atoms with E-state index in [-0.39, 0.29) is 11.0 Å². The standard InChI is InChI=1S/C15H26N2O3S/c1-4-5-6-7-8-11(2)20-14-9-13(16)10-15(12(14)3)21(17,18)19/h9-11H,4-8,16H2,1-3H3,(H2,17,18,19). The van der Waals surface area contributed by atoms with Crippen molar-refractivity contribution in [3.05, 3.63) is 17.7 Å². The number of nitrogens with two attached hydrogens (primary N) is 2. The molecule has 0 saturated heterocycles. The molecule has 1 aromatic rings. The first kappa shape index (κ1) is 17.8. The predicted octanol–water partition coefficient (Wildman–Crippen LogP) is 2.96. The zero-order chi connectivity index (χ0) is 16.0. The molecule has 0 aliphatic rings.